The fourth-order valence-corrected chi connectivity index (χ4v) is 9.38. The van der Waals surface area contributed by atoms with Crippen LogP contribution >= 0.6 is 0 Å². The van der Waals surface area contributed by atoms with Crippen molar-refractivity contribution in [1.82, 2.24) is 30.2 Å². The predicted octanol–water partition coefficient (Wildman–Crippen LogP) is 4.02. The van der Waals surface area contributed by atoms with Crippen molar-refractivity contribution in [2.45, 2.75) is 133 Å². The quantitative estimate of drug-likeness (QED) is 0.365. The molecule has 1 aromatic heterocycles. The maximum Gasteiger partial charge on any atom is 0.408 e. The van der Waals surface area contributed by atoms with Crippen molar-refractivity contribution in [2.75, 3.05) is 13.7 Å². The number of sulfonamides is 1. The number of halogens is 2. The summed E-state index contributed by atoms with van der Waals surface area (Å²) in [6.07, 6.45) is -0.296. The summed E-state index contributed by atoms with van der Waals surface area (Å²) in [7, 11) is -2.71. The second-order valence-corrected chi connectivity index (χ2v) is 20.0. The monoisotopic (exact) mass is 818 g/mol. The van der Waals surface area contributed by atoms with Crippen LogP contribution in [0.25, 0.3) is 11.0 Å². The largest absolute Gasteiger partial charge is 0.497 e. The highest BCUT2D eigenvalue weighted by Gasteiger charge is 2.67. The summed E-state index contributed by atoms with van der Waals surface area (Å²) in [6, 6.07) is 2.69. The molecule has 8 atom stereocenters. The van der Waals surface area contributed by atoms with Crippen molar-refractivity contribution in [3.8, 4) is 11.6 Å². The van der Waals surface area contributed by atoms with Gasteiger partial charge in [-0.3, -0.25) is 19.1 Å². The molecule has 57 heavy (non-hydrogen) atoms. The van der Waals surface area contributed by atoms with Crippen LogP contribution in [0.4, 0.5) is 13.6 Å². The zero-order chi connectivity index (χ0) is 41.2. The number of alkyl carbamates (subject to hydrolysis) is 1. The van der Waals surface area contributed by atoms with Gasteiger partial charge in [0.2, 0.25) is 34.1 Å². The van der Waals surface area contributed by atoms with Gasteiger partial charge in [-0.2, -0.15) is 0 Å². The summed E-state index contributed by atoms with van der Waals surface area (Å²) in [5, 5.41) is 5.21. The van der Waals surface area contributed by atoms with Crippen molar-refractivity contribution in [3.05, 3.63) is 23.9 Å². The van der Waals surface area contributed by atoms with Gasteiger partial charge >= 0.3 is 6.09 Å². The van der Waals surface area contributed by atoms with E-state index in [1.54, 1.807) is 45.9 Å². The third-order valence-corrected chi connectivity index (χ3v) is 14.6. The van der Waals surface area contributed by atoms with Crippen LogP contribution in [0.5, 0.6) is 11.6 Å². The number of hydrogen-bond donors (Lipinski definition) is 3. The molecule has 3 N–H and O–H groups in total. The zero-order valence-corrected chi connectivity index (χ0v) is 33.9. The Kier molecular flexibility index (Phi) is 10.6. The fourth-order valence-electron chi connectivity index (χ4n) is 8.07. The SMILES string of the molecule is COc1ccc2nc3c(nc2c1)O[C@H]1CN(C(=O)[C@H](C(C)(C)C)NC(=O)O[C@@H]2CC2CCCCC3)[C@H](C(=O)N[C@]2(C(=O)NS(=O)(=O)C3(C)CC3)C[C@H]2C(F)F)[C@@H]1C. The van der Waals surface area contributed by atoms with E-state index in [0.717, 1.165) is 25.7 Å². The maximum absolute atomic E-state index is 14.7. The molecule has 4 fully saturated rings. The summed E-state index contributed by atoms with van der Waals surface area (Å²) in [4.78, 5) is 67.1. The van der Waals surface area contributed by atoms with Crippen LogP contribution in [-0.4, -0.2) is 102 Å². The molecule has 1 aromatic carbocycles. The number of hydrogen-bond acceptors (Lipinski definition) is 11. The summed E-state index contributed by atoms with van der Waals surface area (Å²) < 4.78 is 73.1. The zero-order valence-electron chi connectivity index (χ0n) is 33.1. The molecule has 4 amide bonds. The first-order chi connectivity index (χ1) is 26.8. The lowest BCUT2D eigenvalue weighted by Gasteiger charge is -2.36. The molecule has 2 aliphatic heterocycles. The van der Waals surface area contributed by atoms with Gasteiger partial charge in [-0.15, -0.1) is 0 Å². The first kappa shape index (κ1) is 40.8. The smallest absolute Gasteiger partial charge is 0.408 e. The highest BCUT2D eigenvalue weighted by Crippen LogP contribution is 2.50. The first-order valence-corrected chi connectivity index (χ1v) is 21.2. The van der Waals surface area contributed by atoms with E-state index in [4.69, 9.17) is 24.2 Å². The summed E-state index contributed by atoms with van der Waals surface area (Å²) >= 11 is 0. The topological polar surface area (TPSA) is 195 Å². The van der Waals surface area contributed by atoms with Gasteiger partial charge in [-0.05, 0) is 75.3 Å². The highest BCUT2D eigenvalue weighted by atomic mass is 32.2. The minimum atomic E-state index is -4.24. The van der Waals surface area contributed by atoms with E-state index in [0.29, 0.717) is 48.2 Å². The van der Waals surface area contributed by atoms with Crippen LogP contribution in [0, 0.1) is 23.2 Å². The molecule has 3 saturated carbocycles. The molecule has 1 saturated heterocycles. The van der Waals surface area contributed by atoms with E-state index < -0.39 is 92.4 Å². The van der Waals surface area contributed by atoms with Gasteiger partial charge in [0, 0.05) is 12.0 Å². The minimum absolute atomic E-state index is 0.187. The number of fused-ring (bicyclic) bond motifs is 5. The number of ether oxygens (including phenoxy) is 3. The number of rotatable bonds is 7. The molecular formula is C39H52F2N6O9S. The average molecular weight is 819 g/mol. The Morgan fingerprint density at radius 2 is 1.81 bits per heavy atom. The lowest BCUT2D eigenvalue weighted by atomic mass is 9.85. The average Bonchev–Trinajstić information content (AvgIpc) is 4.08. The van der Waals surface area contributed by atoms with Crippen LogP contribution in [-0.2, 0) is 35.6 Å². The fraction of sp³-hybridized carbons (Fsp3) is 0.692. The van der Waals surface area contributed by atoms with Crippen molar-refractivity contribution >= 4 is 44.9 Å². The van der Waals surface area contributed by atoms with Gasteiger partial charge in [-0.1, -0.05) is 40.5 Å². The number of benzene rings is 1. The molecule has 0 radical (unpaired) electrons. The first-order valence-electron chi connectivity index (χ1n) is 19.7. The molecule has 5 aliphatic rings. The van der Waals surface area contributed by atoms with Crippen LogP contribution in [0.1, 0.15) is 91.7 Å². The number of methoxy groups -OCH3 is 1. The summed E-state index contributed by atoms with van der Waals surface area (Å²) in [5.74, 6) is -4.42. The number of carbonyl (C=O) groups is 4. The lowest BCUT2D eigenvalue weighted by molar-refractivity contribution is -0.143. The second-order valence-electron chi connectivity index (χ2n) is 17.8. The lowest BCUT2D eigenvalue weighted by Crippen LogP contribution is -2.61. The molecule has 1 unspecified atom stereocenters. The number of aromatic nitrogens is 2. The van der Waals surface area contributed by atoms with E-state index in [-0.39, 0.29) is 24.4 Å². The van der Waals surface area contributed by atoms with Crippen LogP contribution in [0.15, 0.2) is 18.2 Å². The van der Waals surface area contributed by atoms with E-state index in [1.165, 1.54) is 18.9 Å². The Balaban J connectivity index is 1.25. The number of aryl methyl sites for hydroxylation is 1. The normalized spacial score (nSPS) is 31.4. The molecule has 0 spiro atoms. The third kappa shape index (κ3) is 8.06. The van der Waals surface area contributed by atoms with E-state index >= 15 is 0 Å². The molecule has 18 heteroatoms. The van der Waals surface area contributed by atoms with Crippen molar-refractivity contribution in [1.29, 1.82) is 0 Å². The Morgan fingerprint density at radius 3 is 2.46 bits per heavy atom. The predicted molar refractivity (Wildman–Crippen MR) is 202 cm³/mol. The second kappa shape index (κ2) is 14.8. The Morgan fingerprint density at radius 1 is 1.07 bits per heavy atom. The summed E-state index contributed by atoms with van der Waals surface area (Å²) in [6.45, 7) is 8.15. The minimum Gasteiger partial charge on any atom is -0.497 e. The van der Waals surface area contributed by atoms with Gasteiger partial charge in [0.1, 0.15) is 41.3 Å². The summed E-state index contributed by atoms with van der Waals surface area (Å²) in [5.41, 5.74) is -1.45. The van der Waals surface area contributed by atoms with E-state index in [1.807, 2.05) is 4.72 Å². The number of nitrogens with one attached hydrogen (secondary N) is 3. The van der Waals surface area contributed by atoms with Gasteiger partial charge in [-0.25, -0.2) is 32.0 Å². The Labute approximate surface area is 330 Å². The van der Waals surface area contributed by atoms with Gasteiger partial charge < -0.3 is 29.7 Å². The molecule has 3 aliphatic carbocycles. The van der Waals surface area contributed by atoms with Gasteiger partial charge in [0.15, 0.2) is 0 Å². The van der Waals surface area contributed by atoms with Gasteiger partial charge in [0.25, 0.3) is 5.91 Å². The molecule has 15 nitrogen and oxygen atoms in total. The van der Waals surface area contributed by atoms with Crippen molar-refractivity contribution in [3.63, 3.8) is 0 Å². The molecular weight excluding hydrogens is 767 g/mol. The number of nitrogens with zero attached hydrogens (tertiary/aromatic N) is 3. The number of carbonyl (C=O) groups excluding carboxylic acids is 4. The number of amides is 4. The van der Waals surface area contributed by atoms with Gasteiger partial charge in [0.05, 0.1) is 35.4 Å². The standard InChI is InChI=1S/C39H52F2N6O9S/c1-20-28-19-47(29(20)32(48)45-39(18-23(39)31(40)41)35(50)46-57(52,53)38(5)14-15-38)34(49)30(37(2,3)4)44-36(51)56-27-16-21(27)10-8-7-9-11-25-33(55-28)43-26-17-22(54-6)12-13-24(26)42-25/h12-13,17,20-21,23,27-31H,7-11,14-16,18-19H2,1-6H3,(H,44,51)(H,45,48)(H,46,50)/t20-,21?,23+,27-,28+,29+,30-,39-/m1/s1. The third-order valence-electron chi connectivity index (χ3n) is 12.4. The highest BCUT2D eigenvalue weighted by molar-refractivity contribution is 7.91. The Bertz CT molecular complexity index is 2060. The molecule has 312 valence electrons. The molecule has 3 heterocycles. The molecule has 7 rings (SSSR count). The van der Waals surface area contributed by atoms with Crippen LogP contribution in [0.2, 0.25) is 0 Å². The van der Waals surface area contributed by atoms with Crippen molar-refractivity contribution in [2.24, 2.45) is 23.2 Å². The van der Waals surface area contributed by atoms with Crippen LogP contribution < -0.4 is 24.8 Å². The van der Waals surface area contributed by atoms with E-state index in [9.17, 15) is 36.4 Å². The van der Waals surface area contributed by atoms with Crippen molar-refractivity contribution < 1.29 is 50.6 Å². The molecule has 2 aromatic rings. The number of alkyl halides is 2. The molecule has 2 bridgehead atoms. The van der Waals surface area contributed by atoms with E-state index in [2.05, 4.69) is 10.6 Å². The maximum atomic E-state index is 14.7. The Hall–Kier alpha value is -4.35. The van der Waals surface area contributed by atoms with Crippen LogP contribution in [0.3, 0.4) is 0 Å².